The smallest absolute Gasteiger partial charge is 0.242 e. The van der Waals surface area contributed by atoms with Gasteiger partial charge in [-0.2, -0.15) is 0 Å². The van der Waals surface area contributed by atoms with Crippen LogP contribution >= 0.6 is 11.3 Å². The Bertz CT molecular complexity index is 767. The van der Waals surface area contributed by atoms with Crippen molar-refractivity contribution in [2.45, 2.75) is 32.4 Å². The van der Waals surface area contributed by atoms with Gasteiger partial charge in [0.1, 0.15) is 6.04 Å². The van der Waals surface area contributed by atoms with Crippen LogP contribution in [0.3, 0.4) is 0 Å². The number of rotatable bonds is 8. The molecule has 2 heterocycles. The van der Waals surface area contributed by atoms with Crippen LogP contribution in [0.4, 0.5) is 11.4 Å². The molecule has 1 aromatic heterocycles. The summed E-state index contributed by atoms with van der Waals surface area (Å²) in [6.07, 6.45) is 2.85. The number of nitrogens with zero attached hydrogens (tertiary/aromatic N) is 2. The van der Waals surface area contributed by atoms with E-state index in [2.05, 4.69) is 38.6 Å². The summed E-state index contributed by atoms with van der Waals surface area (Å²) in [6.45, 7) is 8.24. The van der Waals surface area contributed by atoms with Gasteiger partial charge in [-0.05, 0) is 55.3 Å². The Hall–Kier alpha value is -2.05. The van der Waals surface area contributed by atoms with Crippen LogP contribution in [0, 0.1) is 5.92 Å². The van der Waals surface area contributed by atoms with Crippen molar-refractivity contribution in [2.24, 2.45) is 5.92 Å². The Labute approximate surface area is 171 Å². The van der Waals surface area contributed by atoms with Gasteiger partial charge in [0, 0.05) is 49.0 Å². The first-order chi connectivity index (χ1) is 13.7. The van der Waals surface area contributed by atoms with Gasteiger partial charge in [0.15, 0.2) is 0 Å². The monoisotopic (exact) mass is 398 g/mol. The number of amides is 1. The third kappa shape index (κ3) is 5.26. The van der Waals surface area contributed by atoms with Crippen LogP contribution in [0.1, 0.15) is 24.6 Å². The largest absolute Gasteiger partial charge is 0.374 e. The minimum Gasteiger partial charge on any atom is -0.374 e. The van der Waals surface area contributed by atoms with Crippen LogP contribution in [0.2, 0.25) is 0 Å². The van der Waals surface area contributed by atoms with Crippen LogP contribution < -0.4 is 15.5 Å². The fourth-order valence-corrected chi connectivity index (χ4v) is 4.35. The molecule has 1 aliphatic carbocycles. The lowest BCUT2D eigenvalue weighted by Crippen LogP contribution is -2.47. The van der Waals surface area contributed by atoms with E-state index in [0.717, 1.165) is 37.8 Å². The van der Waals surface area contributed by atoms with Crippen molar-refractivity contribution in [3.05, 3.63) is 46.7 Å². The summed E-state index contributed by atoms with van der Waals surface area (Å²) >= 11 is 1.66. The summed E-state index contributed by atoms with van der Waals surface area (Å²) in [7, 11) is 0. The SMILES string of the molecule is CC(Nc1cccc(N2CCN(CC3CC3)CC2)c1)C(=O)NCc1cccs1. The topological polar surface area (TPSA) is 47.6 Å². The first-order valence-corrected chi connectivity index (χ1v) is 11.2. The van der Waals surface area contributed by atoms with Gasteiger partial charge in [0.2, 0.25) is 5.91 Å². The van der Waals surface area contributed by atoms with Gasteiger partial charge in [-0.1, -0.05) is 12.1 Å². The van der Waals surface area contributed by atoms with Crippen LogP contribution in [0.25, 0.3) is 0 Å². The molecule has 1 unspecified atom stereocenters. The molecule has 5 nitrogen and oxygen atoms in total. The van der Waals surface area contributed by atoms with Crippen molar-refractivity contribution in [2.75, 3.05) is 42.9 Å². The third-order valence-electron chi connectivity index (χ3n) is 5.59. The van der Waals surface area contributed by atoms with Crippen molar-refractivity contribution < 1.29 is 4.79 Å². The molecule has 150 valence electrons. The number of hydrogen-bond acceptors (Lipinski definition) is 5. The lowest BCUT2D eigenvalue weighted by molar-refractivity contribution is -0.121. The summed E-state index contributed by atoms with van der Waals surface area (Å²) < 4.78 is 0. The molecule has 1 atom stereocenters. The molecule has 2 N–H and O–H groups in total. The predicted octanol–water partition coefficient (Wildman–Crippen LogP) is 3.40. The maximum absolute atomic E-state index is 12.4. The van der Waals surface area contributed by atoms with E-state index < -0.39 is 0 Å². The highest BCUT2D eigenvalue weighted by Crippen LogP contribution is 2.30. The fourth-order valence-electron chi connectivity index (χ4n) is 3.70. The zero-order valence-electron chi connectivity index (χ0n) is 16.6. The van der Waals surface area contributed by atoms with Crippen LogP contribution in [0.5, 0.6) is 0 Å². The predicted molar refractivity (Wildman–Crippen MR) is 117 cm³/mol. The minimum absolute atomic E-state index is 0.0208. The molecule has 2 aromatic rings. The second-order valence-corrected chi connectivity index (χ2v) is 8.98. The zero-order chi connectivity index (χ0) is 19.3. The number of piperazine rings is 1. The lowest BCUT2D eigenvalue weighted by atomic mass is 10.2. The van der Waals surface area contributed by atoms with Crippen molar-refractivity contribution >= 4 is 28.6 Å². The molecule has 0 bridgehead atoms. The van der Waals surface area contributed by atoms with E-state index in [-0.39, 0.29) is 11.9 Å². The Kier molecular flexibility index (Phi) is 6.17. The first-order valence-electron chi connectivity index (χ1n) is 10.3. The molecule has 1 amide bonds. The highest BCUT2D eigenvalue weighted by atomic mass is 32.1. The summed E-state index contributed by atoms with van der Waals surface area (Å²) in [5, 5.41) is 8.38. The van der Waals surface area contributed by atoms with E-state index in [1.54, 1.807) is 11.3 Å². The van der Waals surface area contributed by atoms with E-state index in [9.17, 15) is 4.79 Å². The number of carbonyl (C=O) groups is 1. The standard InChI is InChI=1S/C22H30N4OS/c1-17(22(27)23-15-21-6-3-13-28-21)24-19-4-2-5-20(14-19)26-11-9-25(10-12-26)16-18-7-8-18/h2-6,13-14,17-18,24H,7-12,15-16H2,1H3,(H,23,27). The van der Waals surface area contributed by atoms with Crippen molar-refractivity contribution in [1.29, 1.82) is 0 Å². The maximum atomic E-state index is 12.4. The summed E-state index contributed by atoms with van der Waals surface area (Å²) in [4.78, 5) is 18.6. The van der Waals surface area contributed by atoms with E-state index in [1.807, 2.05) is 30.5 Å². The van der Waals surface area contributed by atoms with Gasteiger partial charge in [0.05, 0.1) is 6.54 Å². The van der Waals surface area contributed by atoms with Crippen LogP contribution in [-0.4, -0.2) is 49.6 Å². The average molecular weight is 399 g/mol. The zero-order valence-corrected chi connectivity index (χ0v) is 17.4. The molecule has 0 radical (unpaired) electrons. The second kappa shape index (κ2) is 8.97. The molecule has 4 rings (SSSR count). The molecule has 1 aromatic carbocycles. The van der Waals surface area contributed by atoms with Crippen LogP contribution in [-0.2, 0) is 11.3 Å². The van der Waals surface area contributed by atoms with Gasteiger partial charge in [-0.25, -0.2) is 0 Å². The number of anilines is 2. The van der Waals surface area contributed by atoms with Crippen molar-refractivity contribution in [1.82, 2.24) is 10.2 Å². The first kappa shape index (κ1) is 19.3. The second-order valence-electron chi connectivity index (χ2n) is 7.94. The molecule has 1 aliphatic heterocycles. The van der Waals surface area contributed by atoms with E-state index in [1.165, 1.54) is 30.0 Å². The molecular weight excluding hydrogens is 368 g/mol. The van der Waals surface area contributed by atoms with Crippen LogP contribution in [0.15, 0.2) is 41.8 Å². The lowest BCUT2D eigenvalue weighted by Gasteiger charge is -2.36. The number of hydrogen-bond donors (Lipinski definition) is 2. The molecule has 6 heteroatoms. The summed E-state index contributed by atoms with van der Waals surface area (Å²) in [6, 6.07) is 12.2. The summed E-state index contributed by atoms with van der Waals surface area (Å²) in [5.41, 5.74) is 2.24. The van der Waals surface area contributed by atoms with Gasteiger partial charge >= 0.3 is 0 Å². The molecule has 28 heavy (non-hydrogen) atoms. The molecule has 0 spiro atoms. The average Bonchev–Trinajstić information content (AvgIpc) is 3.37. The van der Waals surface area contributed by atoms with Gasteiger partial charge in [-0.3, -0.25) is 9.69 Å². The molecule has 1 saturated heterocycles. The fraction of sp³-hybridized carbons (Fsp3) is 0.500. The third-order valence-corrected chi connectivity index (χ3v) is 6.47. The number of carbonyl (C=O) groups excluding carboxylic acids is 1. The summed E-state index contributed by atoms with van der Waals surface area (Å²) in [5.74, 6) is 0.985. The number of nitrogens with one attached hydrogen (secondary N) is 2. The molecule has 2 fully saturated rings. The van der Waals surface area contributed by atoms with E-state index in [0.29, 0.717) is 6.54 Å². The Balaban J connectivity index is 1.27. The van der Waals surface area contributed by atoms with Gasteiger partial charge in [0.25, 0.3) is 0 Å². The van der Waals surface area contributed by atoms with E-state index >= 15 is 0 Å². The minimum atomic E-state index is -0.273. The normalized spacial score (nSPS) is 18.7. The molecular formula is C22H30N4OS. The number of benzene rings is 1. The quantitative estimate of drug-likeness (QED) is 0.716. The molecule has 1 saturated carbocycles. The van der Waals surface area contributed by atoms with Crippen molar-refractivity contribution in [3.63, 3.8) is 0 Å². The Morgan fingerprint density at radius 2 is 2.00 bits per heavy atom. The van der Waals surface area contributed by atoms with Crippen molar-refractivity contribution in [3.8, 4) is 0 Å². The maximum Gasteiger partial charge on any atom is 0.242 e. The Morgan fingerprint density at radius 3 is 2.71 bits per heavy atom. The van der Waals surface area contributed by atoms with Gasteiger partial charge in [-0.15, -0.1) is 11.3 Å². The van der Waals surface area contributed by atoms with E-state index in [4.69, 9.17) is 0 Å². The number of thiophene rings is 1. The van der Waals surface area contributed by atoms with Gasteiger partial charge < -0.3 is 15.5 Å². The highest BCUT2D eigenvalue weighted by molar-refractivity contribution is 7.09. The Morgan fingerprint density at radius 1 is 1.18 bits per heavy atom. The highest BCUT2D eigenvalue weighted by Gasteiger charge is 2.26. The molecule has 2 aliphatic rings.